The van der Waals surface area contributed by atoms with Crippen molar-refractivity contribution in [2.24, 2.45) is 0 Å². The molecule has 1 atom stereocenters. The Hall–Kier alpha value is -1.58. The van der Waals surface area contributed by atoms with Gasteiger partial charge in [-0.05, 0) is 50.1 Å². The number of ether oxygens (including phenoxy) is 1. The van der Waals surface area contributed by atoms with Crippen molar-refractivity contribution in [2.75, 3.05) is 6.61 Å². The average Bonchev–Trinajstić information content (AvgIpc) is 2.49. The molecule has 4 nitrogen and oxygen atoms in total. The van der Waals surface area contributed by atoms with Crippen LogP contribution in [0, 0.1) is 20.8 Å². The molecule has 0 aliphatic carbocycles. The molecular formula is C18H19BrF3NO3S. The summed E-state index contributed by atoms with van der Waals surface area (Å²) < 4.78 is 73.0. The van der Waals surface area contributed by atoms with Gasteiger partial charge in [0.05, 0.1) is 4.90 Å². The Labute approximate surface area is 164 Å². The van der Waals surface area contributed by atoms with Crippen LogP contribution in [0.4, 0.5) is 13.2 Å². The van der Waals surface area contributed by atoms with E-state index in [-0.39, 0.29) is 10.6 Å². The highest BCUT2D eigenvalue weighted by Crippen LogP contribution is 2.27. The van der Waals surface area contributed by atoms with Crippen LogP contribution >= 0.6 is 15.9 Å². The van der Waals surface area contributed by atoms with Crippen LogP contribution in [0.25, 0.3) is 0 Å². The lowest BCUT2D eigenvalue weighted by Crippen LogP contribution is -2.49. The van der Waals surface area contributed by atoms with Gasteiger partial charge in [-0.1, -0.05) is 39.7 Å². The Kier molecular flexibility index (Phi) is 6.59. The molecular weight excluding hydrogens is 447 g/mol. The predicted octanol–water partition coefficient (Wildman–Crippen LogP) is 4.66. The topological polar surface area (TPSA) is 55.4 Å². The minimum atomic E-state index is -4.81. The summed E-state index contributed by atoms with van der Waals surface area (Å²) in [5.74, 6) is 0.195. The van der Waals surface area contributed by atoms with Crippen molar-refractivity contribution in [3.63, 3.8) is 0 Å². The molecule has 0 amide bonds. The maximum Gasteiger partial charge on any atom is 0.408 e. The van der Waals surface area contributed by atoms with E-state index in [2.05, 4.69) is 15.9 Å². The van der Waals surface area contributed by atoms with E-state index in [4.69, 9.17) is 4.74 Å². The fourth-order valence-electron chi connectivity index (χ4n) is 2.77. The Bertz CT molecular complexity index is 907. The van der Waals surface area contributed by atoms with Gasteiger partial charge in [0.1, 0.15) is 12.4 Å². The highest BCUT2D eigenvalue weighted by atomic mass is 79.9. The molecule has 2 rings (SSSR count). The number of hydrogen-bond donors (Lipinski definition) is 1. The molecule has 0 heterocycles. The van der Waals surface area contributed by atoms with Gasteiger partial charge in [-0.3, -0.25) is 0 Å². The van der Waals surface area contributed by atoms with Crippen LogP contribution < -0.4 is 9.46 Å². The molecule has 0 bridgehead atoms. The number of nitrogens with one attached hydrogen (secondary N) is 1. The zero-order valence-corrected chi connectivity index (χ0v) is 17.3. The van der Waals surface area contributed by atoms with Crippen molar-refractivity contribution in [1.82, 2.24) is 4.72 Å². The van der Waals surface area contributed by atoms with Gasteiger partial charge in [-0.25, -0.2) is 8.42 Å². The predicted molar refractivity (Wildman–Crippen MR) is 100 cm³/mol. The molecule has 0 saturated heterocycles. The van der Waals surface area contributed by atoms with E-state index in [1.807, 2.05) is 0 Å². The first-order valence-electron chi connectivity index (χ1n) is 7.95. The smallest absolute Gasteiger partial charge is 0.408 e. The van der Waals surface area contributed by atoms with Crippen LogP contribution in [-0.2, 0) is 10.0 Å². The molecule has 2 aromatic rings. The van der Waals surface area contributed by atoms with Gasteiger partial charge >= 0.3 is 6.18 Å². The monoisotopic (exact) mass is 465 g/mol. The molecule has 0 radical (unpaired) electrons. The molecule has 27 heavy (non-hydrogen) atoms. The average molecular weight is 466 g/mol. The summed E-state index contributed by atoms with van der Waals surface area (Å²) in [7, 11) is -4.39. The zero-order valence-electron chi connectivity index (χ0n) is 14.9. The maximum absolute atomic E-state index is 13.4. The van der Waals surface area contributed by atoms with Gasteiger partial charge in [0.15, 0.2) is 6.04 Å². The summed E-state index contributed by atoms with van der Waals surface area (Å²) in [6, 6.07) is 7.12. The van der Waals surface area contributed by atoms with Gasteiger partial charge in [0, 0.05) is 4.47 Å². The number of benzene rings is 2. The molecule has 0 fully saturated rings. The van der Waals surface area contributed by atoms with Gasteiger partial charge in [0.2, 0.25) is 10.0 Å². The molecule has 2 aromatic carbocycles. The second-order valence-electron chi connectivity index (χ2n) is 6.21. The molecule has 0 spiro atoms. The minimum Gasteiger partial charge on any atom is -0.492 e. The standard InChI is InChI=1S/C18H19BrF3NO3S/c1-11-7-12(2)17(13(3)8-11)27(24,25)23-16(18(20,21)22)10-26-15-6-4-5-14(19)9-15/h4-9,16,23H,10H2,1-3H3. The number of alkyl halides is 3. The van der Waals surface area contributed by atoms with Crippen molar-refractivity contribution in [3.8, 4) is 5.75 Å². The zero-order chi connectivity index (χ0) is 20.4. The summed E-state index contributed by atoms with van der Waals surface area (Å²) in [5, 5.41) is 0. The summed E-state index contributed by atoms with van der Waals surface area (Å²) in [5.41, 5.74) is 1.59. The SMILES string of the molecule is Cc1cc(C)c(S(=O)(=O)NC(COc2cccc(Br)c2)C(F)(F)F)c(C)c1. The summed E-state index contributed by atoms with van der Waals surface area (Å²) >= 11 is 3.20. The van der Waals surface area contributed by atoms with Crippen LogP contribution in [0.5, 0.6) is 5.75 Å². The Morgan fingerprint density at radius 3 is 2.22 bits per heavy atom. The Morgan fingerprint density at radius 1 is 1.11 bits per heavy atom. The van der Waals surface area contributed by atoms with E-state index >= 15 is 0 Å². The number of aryl methyl sites for hydroxylation is 3. The Morgan fingerprint density at radius 2 is 1.70 bits per heavy atom. The number of halogens is 4. The van der Waals surface area contributed by atoms with E-state index in [9.17, 15) is 21.6 Å². The lowest BCUT2D eigenvalue weighted by atomic mass is 10.1. The second kappa shape index (κ2) is 8.20. The quantitative estimate of drug-likeness (QED) is 0.674. The summed E-state index contributed by atoms with van der Waals surface area (Å²) in [4.78, 5) is -0.148. The molecule has 9 heteroatoms. The molecule has 0 saturated carbocycles. The third kappa shape index (κ3) is 5.70. The third-order valence-corrected chi connectivity index (χ3v) is 6.05. The normalized spacial score (nSPS) is 13.4. The van der Waals surface area contributed by atoms with Gasteiger partial charge in [-0.2, -0.15) is 17.9 Å². The van der Waals surface area contributed by atoms with Crippen LogP contribution in [0.1, 0.15) is 16.7 Å². The summed E-state index contributed by atoms with van der Waals surface area (Å²) in [6.07, 6.45) is -4.81. The highest BCUT2D eigenvalue weighted by molar-refractivity contribution is 9.10. The van der Waals surface area contributed by atoms with E-state index in [1.54, 1.807) is 49.8 Å². The Balaban J connectivity index is 2.28. The van der Waals surface area contributed by atoms with E-state index < -0.39 is 28.8 Å². The fourth-order valence-corrected chi connectivity index (χ4v) is 4.81. The maximum atomic E-state index is 13.4. The molecule has 148 valence electrons. The van der Waals surface area contributed by atoms with Gasteiger partial charge in [-0.15, -0.1) is 0 Å². The van der Waals surface area contributed by atoms with Crippen LogP contribution in [-0.4, -0.2) is 27.2 Å². The van der Waals surface area contributed by atoms with Crippen LogP contribution in [0.2, 0.25) is 0 Å². The molecule has 0 aromatic heterocycles. The molecule has 1 unspecified atom stereocenters. The van der Waals surface area contributed by atoms with Gasteiger partial charge in [0.25, 0.3) is 0 Å². The lowest BCUT2D eigenvalue weighted by molar-refractivity contribution is -0.157. The number of rotatable bonds is 6. The molecule has 0 aliphatic heterocycles. The molecule has 0 aliphatic rings. The van der Waals surface area contributed by atoms with Crippen molar-refractivity contribution < 1.29 is 26.3 Å². The van der Waals surface area contributed by atoms with Crippen molar-refractivity contribution in [2.45, 2.75) is 37.9 Å². The molecule has 1 N–H and O–H groups in total. The second-order valence-corrected chi connectivity index (χ2v) is 8.78. The van der Waals surface area contributed by atoms with Crippen molar-refractivity contribution >= 4 is 26.0 Å². The van der Waals surface area contributed by atoms with E-state index in [0.29, 0.717) is 15.6 Å². The lowest BCUT2D eigenvalue weighted by Gasteiger charge is -2.23. The van der Waals surface area contributed by atoms with Crippen LogP contribution in [0.3, 0.4) is 0 Å². The third-order valence-electron chi connectivity index (χ3n) is 3.78. The van der Waals surface area contributed by atoms with Gasteiger partial charge < -0.3 is 4.74 Å². The van der Waals surface area contributed by atoms with Crippen molar-refractivity contribution in [3.05, 3.63) is 57.6 Å². The first-order valence-corrected chi connectivity index (χ1v) is 10.2. The van der Waals surface area contributed by atoms with Crippen LogP contribution in [0.15, 0.2) is 45.8 Å². The first kappa shape index (κ1) is 21.7. The largest absolute Gasteiger partial charge is 0.492 e. The number of sulfonamides is 1. The van der Waals surface area contributed by atoms with E-state index in [1.165, 1.54) is 12.1 Å². The van der Waals surface area contributed by atoms with Crippen molar-refractivity contribution in [1.29, 1.82) is 0 Å². The fraction of sp³-hybridized carbons (Fsp3) is 0.333. The summed E-state index contributed by atoms with van der Waals surface area (Å²) in [6.45, 7) is 4.00. The van der Waals surface area contributed by atoms with E-state index in [0.717, 1.165) is 5.56 Å². The first-order chi connectivity index (χ1) is 12.4. The minimum absolute atomic E-state index is 0.148. The number of hydrogen-bond acceptors (Lipinski definition) is 3. The highest BCUT2D eigenvalue weighted by Gasteiger charge is 2.43.